The molecular weight excluding hydrogens is 515 g/mol. The molecule has 0 saturated heterocycles. The Hall–Kier alpha value is -3.66. The largest absolute Gasteiger partial charge is 0.465 e. The standard InChI is InChI=1S/C26H19ClF3NO6/c27-14-8-10-19(36-20-9-7-13(26(28,29)30)11-16(20)31(34)35)15(12-14)23-24-17(32)3-1-5-21(24)37-22-6-2-4-18(33)25(22)23/h7-12,23H,1-6H2. The van der Waals surface area contributed by atoms with Gasteiger partial charge in [0.25, 0.3) is 0 Å². The number of halogens is 4. The highest BCUT2D eigenvalue weighted by atomic mass is 35.5. The molecule has 0 fully saturated rings. The molecule has 0 bridgehead atoms. The molecule has 7 nitrogen and oxygen atoms in total. The van der Waals surface area contributed by atoms with Crippen LogP contribution in [0.15, 0.2) is 59.1 Å². The summed E-state index contributed by atoms with van der Waals surface area (Å²) >= 11 is 6.29. The molecule has 5 rings (SSSR count). The lowest BCUT2D eigenvalue weighted by atomic mass is 9.73. The normalized spacial score (nSPS) is 18.4. The van der Waals surface area contributed by atoms with Crippen LogP contribution in [0.5, 0.6) is 11.5 Å². The fourth-order valence-corrected chi connectivity index (χ4v) is 5.19. The number of ketones is 2. The van der Waals surface area contributed by atoms with Gasteiger partial charge in [0.05, 0.1) is 16.4 Å². The number of allylic oxidation sites excluding steroid dienone is 4. The number of alkyl halides is 3. The van der Waals surface area contributed by atoms with E-state index >= 15 is 0 Å². The van der Waals surface area contributed by atoms with Gasteiger partial charge in [-0.2, -0.15) is 13.2 Å². The molecule has 11 heteroatoms. The van der Waals surface area contributed by atoms with Crippen LogP contribution in [0.25, 0.3) is 0 Å². The lowest BCUT2D eigenvalue weighted by Crippen LogP contribution is -2.30. The van der Waals surface area contributed by atoms with Crippen molar-refractivity contribution in [3.8, 4) is 11.5 Å². The van der Waals surface area contributed by atoms with Gasteiger partial charge >= 0.3 is 11.9 Å². The number of hydrogen-bond donors (Lipinski definition) is 0. The van der Waals surface area contributed by atoms with Crippen LogP contribution in [0.2, 0.25) is 5.02 Å². The maximum atomic E-state index is 13.2. The third kappa shape index (κ3) is 4.61. The van der Waals surface area contributed by atoms with E-state index in [9.17, 15) is 32.9 Å². The third-order valence-electron chi connectivity index (χ3n) is 6.63. The maximum Gasteiger partial charge on any atom is 0.416 e. The lowest BCUT2D eigenvalue weighted by Gasteiger charge is -2.36. The molecule has 0 amide bonds. The fraction of sp³-hybridized carbons (Fsp3) is 0.308. The number of carbonyl (C=O) groups excluding carboxylic acids is 2. The summed E-state index contributed by atoms with van der Waals surface area (Å²) in [6.45, 7) is 0. The zero-order chi connectivity index (χ0) is 26.5. The van der Waals surface area contributed by atoms with Crippen LogP contribution in [0, 0.1) is 10.1 Å². The Morgan fingerprint density at radius 3 is 2.08 bits per heavy atom. The van der Waals surface area contributed by atoms with Crippen molar-refractivity contribution >= 4 is 28.9 Å². The summed E-state index contributed by atoms with van der Waals surface area (Å²) in [5.41, 5.74) is -1.15. The van der Waals surface area contributed by atoms with Gasteiger partial charge in [-0.3, -0.25) is 19.7 Å². The molecule has 3 aliphatic rings. The van der Waals surface area contributed by atoms with Crippen molar-refractivity contribution in [2.24, 2.45) is 0 Å². The predicted molar refractivity (Wildman–Crippen MR) is 125 cm³/mol. The van der Waals surface area contributed by atoms with E-state index in [0.717, 1.165) is 6.07 Å². The van der Waals surface area contributed by atoms with Gasteiger partial charge in [-0.05, 0) is 43.2 Å². The molecule has 2 aromatic carbocycles. The van der Waals surface area contributed by atoms with Crippen molar-refractivity contribution in [1.29, 1.82) is 0 Å². The number of hydrogen-bond acceptors (Lipinski definition) is 6. The second-order valence-electron chi connectivity index (χ2n) is 8.98. The average Bonchev–Trinajstić information content (AvgIpc) is 2.83. The van der Waals surface area contributed by atoms with E-state index in [1.165, 1.54) is 18.2 Å². The van der Waals surface area contributed by atoms with E-state index < -0.39 is 34.0 Å². The second-order valence-corrected chi connectivity index (χ2v) is 9.42. The van der Waals surface area contributed by atoms with E-state index in [0.29, 0.717) is 66.0 Å². The van der Waals surface area contributed by atoms with Gasteiger partial charge in [0, 0.05) is 53.5 Å². The molecular formula is C26H19ClF3NO6. The number of nitro benzene ring substituents is 1. The molecule has 0 saturated carbocycles. The summed E-state index contributed by atoms with van der Waals surface area (Å²) in [5, 5.41) is 11.9. The molecule has 0 atom stereocenters. The van der Waals surface area contributed by atoms with Crippen molar-refractivity contribution < 1.29 is 37.2 Å². The Bertz CT molecular complexity index is 1370. The topological polar surface area (TPSA) is 95.7 Å². The third-order valence-corrected chi connectivity index (χ3v) is 6.86. The molecule has 1 aliphatic heterocycles. The van der Waals surface area contributed by atoms with Crippen molar-refractivity contribution in [1.82, 2.24) is 0 Å². The summed E-state index contributed by atoms with van der Waals surface area (Å²) in [5.74, 6) is -0.717. The van der Waals surface area contributed by atoms with Crippen molar-refractivity contribution in [3.63, 3.8) is 0 Å². The van der Waals surface area contributed by atoms with Crippen LogP contribution >= 0.6 is 11.6 Å². The van der Waals surface area contributed by atoms with Crippen LogP contribution in [-0.2, 0) is 20.5 Å². The number of rotatable bonds is 4. The zero-order valence-corrected chi connectivity index (χ0v) is 19.9. The quantitative estimate of drug-likeness (QED) is 0.305. The SMILES string of the molecule is O=C1CCCC2=C1C(c1cc(Cl)ccc1Oc1ccc(C(F)(F)F)cc1[N+](=O)[O-])C1=C(CCCC1=O)O2. The van der Waals surface area contributed by atoms with E-state index in [1.807, 2.05) is 0 Å². The minimum Gasteiger partial charge on any atom is -0.465 e. The Morgan fingerprint density at radius 1 is 0.919 bits per heavy atom. The van der Waals surface area contributed by atoms with Gasteiger partial charge in [-0.15, -0.1) is 0 Å². The van der Waals surface area contributed by atoms with Crippen molar-refractivity contribution in [2.75, 3.05) is 0 Å². The van der Waals surface area contributed by atoms with Gasteiger partial charge in [0.2, 0.25) is 5.75 Å². The van der Waals surface area contributed by atoms with Crippen LogP contribution in [0.1, 0.15) is 55.6 Å². The molecule has 2 aliphatic carbocycles. The van der Waals surface area contributed by atoms with Gasteiger partial charge in [-0.1, -0.05) is 11.6 Å². The van der Waals surface area contributed by atoms with E-state index in [-0.39, 0.29) is 35.2 Å². The number of Topliss-reactive ketones (excluding diaryl/α,β-unsaturated/α-hetero) is 2. The number of carbonyl (C=O) groups is 2. The van der Waals surface area contributed by atoms with E-state index in [1.54, 1.807) is 0 Å². The summed E-state index contributed by atoms with van der Waals surface area (Å²) in [4.78, 5) is 36.8. The first-order valence-corrected chi connectivity index (χ1v) is 12.0. The van der Waals surface area contributed by atoms with Gasteiger partial charge < -0.3 is 9.47 Å². The Labute approximate surface area is 213 Å². The van der Waals surface area contributed by atoms with Crippen LogP contribution in [-0.4, -0.2) is 16.5 Å². The van der Waals surface area contributed by atoms with Gasteiger partial charge in [0.1, 0.15) is 17.3 Å². The monoisotopic (exact) mass is 533 g/mol. The molecule has 0 unspecified atom stereocenters. The first kappa shape index (κ1) is 25.0. The number of benzene rings is 2. The highest BCUT2D eigenvalue weighted by molar-refractivity contribution is 6.30. The predicted octanol–water partition coefficient (Wildman–Crippen LogP) is 7.19. The minimum atomic E-state index is -4.79. The second kappa shape index (κ2) is 9.33. The van der Waals surface area contributed by atoms with E-state index in [4.69, 9.17) is 21.1 Å². The summed E-state index contributed by atoms with van der Waals surface area (Å²) < 4.78 is 51.3. The average molecular weight is 534 g/mol. The summed E-state index contributed by atoms with van der Waals surface area (Å²) in [6, 6.07) is 6.32. The van der Waals surface area contributed by atoms with E-state index in [2.05, 4.69) is 0 Å². The number of ether oxygens (including phenoxy) is 2. The Morgan fingerprint density at radius 2 is 1.51 bits per heavy atom. The summed E-state index contributed by atoms with van der Waals surface area (Å²) in [6.07, 6.45) is -2.07. The first-order valence-electron chi connectivity index (χ1n) is 11.6. The smallest absolute Gasteiger partial charge is 0.416 e. The molecule has 1 heterocycles. The van der Waals surface area contributed by atoms with Crippen molar-refractivity contribution in [3.05, 3.63) is 85.3 Å². The van der Waals surface area contributed by atoms with Gasteiger partial charge in [0.15, 0.2) is 11.6 Å². The number of nitrogens with zero attached hydrogens (tertiary/aromatic N) is 1. The first-order chi connectivity index (χ1) is 17.5. The fourth-order valence-electron chi connectivity index (χ4n) is 5.01. The zero-order valence-electron chi connectivity index (χ0n) is 19.2. The maximum absolute atomic E-state index is 13.2. The lowest BCUT2D eigenvalue weighted by molar-refractivity contribution is -0.385. The molecule has 0 N–H and O–H groups in total. The molecule has 37 heavy (non-hydrogen) atoms. The molecule has 0 aromatic heterocycles. The molecule has 0 radical (unpaired) electrons. The van der Waals surface area contributed by atoms with Gasteiger partial charge in [-0.25, -0.2) is 0 Å². The molecule has 192 valence electrons. The van der Waals surface area contributed by atoms with Crippen LogP contribution in [0.3, 0.4) is 0 Å². The molecule has 2 aromatic rings. The van der Waals surface area contributed by atoms with Crippen LogP contribution < -0.4 is 4.74 Å². The van der Waals surface area contributed by atoms with Crippen LogP contribution in [0.4, 0.5) is 18.9 Å². The Kier molecular flexibility index (Phi) is 6.31. The highest BCUT2D eigenvalue weighted by Crippen LogP contribution is 2.51. The highest BCUT2D eigenvalue weighted by Gasteiger charge is 2.43. The summed E-state index contributed by atoms with van der Waals surface area (Å²) in [7, 11) is 0. The number of nitro groups is 1. The molecule has 0 spiro atoms. The minimum absolute atomic E-state index is 0.0228. The van der Waals surface area contributed by atoms with Crippen molar-refractivity contribution in [2.45, 2.75) is 50.6 Å². The Balaban J connectivity index is 1.67.